The number of carbonyl (C=O) groups excluding carboxylic acids is 1. The zero-order valence-corrected chi connectivity index (χ0v) is 24.4. The maximum Gasteiger partial charge on any atom is 0.282 e. The lowest BCUT2D eigenvalue weighted by Crippen LogP contribution is -2.22. The Kier molecular flexibility index (Phi) is 9.55. The molecule has 0 unspecified atom stereocenters. The van der Waals surface area contributed by atoms with E-state index in [0.717, 1.165) is 22.9 Å². The molecule has 208 valence electrons. The van der Waals surface area contributed by atoms with Crippen LogP contribution in [-0.4, -0.2) is 42.6 Å². The van der Waals surface area contributed by atoms with Crippen molar-refractivity contribution in [2.24, 2.45) is 5.10 Å². The SMILES string of the molecule is CCCCc1nc2ccc(Br)cc2c(=O)n1N=Cc1cc(OC)c(OCC(=O)Nc2ccccc2C)c(OC)c1. The van der Waals surface area contributed by atoms with Crippen molar-refractivity contribution in [2.75, 3.05) is 26.1 Å². The molecule has 0 aliphatic heterocycles. The molecule has 40 heavy (non-hydrogen) atoms. The van der Waals surface area contributed by atoms with Gasteiger partial charge in [-0.2, -0.15) is 9.78 Å². The van der Waals surface area contributed by atoms with E-state index < -0.39 is 0 Å². The van der Waals surface area contributed by atoms with E-state index in [1.165, 1.54) is 18.9 Å². The second-order valence-electron chi connectivity index (χ2n) is 9.06. The van der Waals surface area contributed by atoms with Crippen LogP contribution in [0.4, 0.5) is 5.69 Å². The van der Waals surface area contributed by atoms with Crippen LogP contribution < -0.4 is 25.1 Å². The predicted molar refractivity (Wildman–Crippen MR) is 160 cm³/mol. The minimum absolute atomic E-state index is 0.247. The molecule has 0 fully saturated rings. The molecular formula is C30H31BrN4O5. The molecule has 1 N–H and O–H groups in total. The maximum absolute atomic E-state index is 13.4. The van der Waals surface area contributed by atoms with Crippen LogP contribution in [0.3, 0.4) is 0 Å². The molecule has 3 aromatic carbocycles. The highest BCUT2D eigenvalue weighted by Crippen LogP contribution is 2.38. The molecule has 0 saturated heterocycles. The highest BCUT2D eigenvalue weighted by Gasteiger charge is 2.17. The third-order valence-electron chi connectivity index (χ3n) is 6.20. The van der Waals surface area contributed by atoms with Crippen LogP contribution in [-0.2, 0) is 11.2 Å². The van der Waals surface area contributed by atoms with Gasteiger partial charge in [0.1, 0.15) is 5.82 Å². The summed E-state index contributed by atoms with van der Waals surface area (Å²) >= 11 is 3.43. The van der Waals surface area contributed by atoms with Gasteiger partial charge >= 0.3 is 0 Å². The first kappa shape index (κ1) is 28.8. The van der Waals surface area contributed by atoms with Gasteiger partial charge in [-0.05, 0) is 55.3 Å². The Balaban J connectivity index is 1.62. The average Bonchev–Trinajstić information content (AvgIpc) is 2.95. The van der Waals surface area contributed by atoms with Gasteiger partial charge in [0.05, 0.1) is 31.3 Å². The Morgan fingerprint density at radius 3 is 2.50 bits per heavy atom. The first-order chi connectivity index (χ1) is 19.3. The first-order valence-electron chi connectivity index (χ1n) is 12.8. The number of unbranched alkanes of at least 4 members (excludes halogenated alkanes) is 1. The fourth-order valence-corrected chi connectivity index (χ4v) is 4.45. The van der Waals surface area contributed by atoms with Crippen LogP contribution in [0.25, 0.3) is 10.9 Å². The second-order valence-corrected chi connectivity index (χ2v) is 9.98. The summed E-state index contributed by atoms with van der Waals surface area (Å²) in [5.41, 5.74) is 2.63. The van der Waals surface area contributed by atoms with Crippen LogP contribution in [0.5, 0.6) is 17.2 Å². The number of para-hydroxylation sites is 1. The standard InChI is InChI=1S/C30H31BrN4O5/c1-5-6-11-27-33-24-13-12-21(31)16-22(24)30(37)35(27)32-17-20-14-25(38-3)29(26(15-20)39-4)40-18-28(36)34-23-10-8-7-9-19(23)2/h7-10,12-17H,5-6,11,18H2,1-4H3,(H,34,36). The molecule has 0 atom stereocenters. The maximum atomic E-state index is 13.4. The number of fused-ring (bicyclic) bond motifs is 1. The van der Waals surface area contributed by atoms with Gasteiger partial charge in [0.25, 0.3) is 11.5 Å². The molecule has 0 aliphatic carbocycles. The van der Waals surface area contributed by atoms with Crippen LogP contribution >= 0.6 is 15.9 Å². The number of hydrogen-bond acceptors (Lipinski definition) is 7. The van der Waals surface area contributed by atoms with Crippen molar-refractivity contribution < 1.29 is 19.0 Å². The summed E-state index contributed by atoms with van der Waals surface area (Å²) in [6.07, 6.45) is 3.98. The molecule has 0 spiro atoms. The van der Waals surface area contributed by atoms with Gasteiger partial charge in [0, 0.05) is 22.1 Å². The summed E-state index contributed by atoms with van der Waals surface area (Å²) < 4.78 is 19.0. The lowest BCUT2D eigenvalue weighted by Gasteiger charge is -2.15. The summed E-state index contributed by atoms with van der Waals surface area (Å²) in [6, 6.07) is 16.3. The van der Waals surface area contributed by atoms with Crippen molar-refractivity contribution in [3.8, 4) is 17.2 Å². The third kappa shape index (κ3) is 6.69. The van der Waals surface area contributed by atoms with E-state index in [0.29, 0.717) is 45.9 Å². The Hall–Kier alpha value is -4.18. The number of nitrogens with one attached hydrogen (secondary N) is 1. The van der Waals surface area contributed by atoms with E-state index in [4.69, 9.17) is 19.2 Å². The molecule has 9 nitrogen and oxygen atoms in total. The van der Waals surface area contributed by atoms with Crippen molar-refractivity contribution in [1.29, 1.82) is 0 Å². The van der Waals surface area contributed by atoms with Gasteiger partial charge < -0.3 is 19.5 Å². The number of nitrogens with zero attached hydrogens (tertiary/aromatic N) is 3. The summed E-state index contributed by atoms with van der Waals surface area (Å²) in [5.74, 6) is 1.24. The van der Waals surface area contributed by atoms with Crippen molar-refractivity contribution >= 4 is 44.6 Å². The molecule has 0 radical (unpaired) electrons. The Morgan fingerprint density at radius 2 is 1.82 bits per heavy atom. The van der Waals surface area contributed by atoms with Gasteiger partial charge in [-0.15, -0.1) is 0 Å². The number of ether oxygens (including phenoxy) is 3. The number of rotatable bonds is 11. The summed E-state index contributed by atoms with van der Waals surface area (Å²) in [5, 5.41) is 7.81. The molecule has 1 amide bonds. The normalized spacial score (nSPS) is 11.1. The second kappa shape index (κ2) is 13.3. The van der Waals surface area contributed by atoms with E-state index >= 15 is 0 Å². The lowest BCUT2D eigenvalue weighted by atomic mass is 10.2. The lowest BCUT2D eigenvalue weighted by molar-refractivity contribution is -0.118. The van der Waals surface area contributed by atoms with Crippen LogP contribution in [0.1, 0.15) is 36.7 Å². The molecule has 1 heterocycles. The molecule has 10 heteroatoms. The van der Waals surface area contributed by atoms with E-state index in [1.54, 1.807) is 24.4 Å². The third-order valence-corrected chi connectivity index (χ3v) is 6.69. The molecule has 0 saturated carbocycles. The predicted octanol–water partition coefficient (Wildman–Crippen LogP) is 5.73. The van der Waals surface area contributed by atoms with Crippen LogP contribution in [0, 0.1) is 6.92 Å². The molecule has 1 aromatic heterocycles. The summed E-state index contributed by atoms with van der Waals surface area (Å²) in [4.78, 5) is 30.6. The van der Waals surface area contributed by atoms with Crippen molar-refractivity contribution in [3.05, 3.63) is 86.4 Å². The minimum Gasteiger partial charge on any atom is -0.493 e. The Morgan fingerprint density at radius 1 is 1.10 bits per heavy atom. The number of amides is 1. The fourth-order valence-electron chi connectivity index (χ4n) is 4.09. The smallest absolute Gasteiger partial charge is 0.282 e. The van der Waals surface area contributed by atoms with E-state index in [1.807, 2.05) is 43.3 Å². The number of methoxy groups -OCH3 is 2. The quantitative estimate of drug-likeness (QED) is 0.219. The number of halogens is 1. The Bertz CT molecular complexity index is 1590. The summed E-state index contributed by atoms with van der Waals surface area (Å²) in [7, 11) is 2.99. The van der Waals surface area contributed by atoms with Gasteiger partial charge in [-0.1, -0.05) is 47.5 Å². The van der Waals surface area contributed by atoms with Crippen molar-refractivity contribution in [3.63, 3.8) is 0 Å². The largest absolute Gasteiger partial charge is 0.493 e. The monoisotopic (exact) mass is 606 g/mol. The van der Waals surface area contributed by atoms with Crippen LogP contribution in [0.2, 0.25) is 0 Å². The number of aryl methyl sites for hydroxylation is 2. The first-order valence-corrected chi connectivity index (χ1v) is 13.6. The molecule has 4 aromatic rings. The molecule has 0 aliphatic rings. The van der Waals surface area contributed by atoms with Gasteiger partial charge in [0.15, 0.2) is 18.1 Å². The van der Waals surface area contributed by atoms with E-state index in [2.05, 4.69) is 33.3 Å². The number of aromatic nitrogens is 2. The Labute approximate surface area is 240 Å². The highest BCUT2D eigenvalue weighted by atomic mass is 79.9. The average molecular weight is 608 g/mol. The number of hydrogen-bond donors (Lipinski definition) is 1. The van der Waals surface area contributed by atoms with Gasteiger partial charge in [-0.3, -0.25) is 9.59 Å². The number of anilines is 1. The zero-order valence-electron chi connectivity index (χ0n) is 22.9. The molecule has 4 rings (SSSR count). The van der Waals surface area contributed by atoms with Gasteiger partial charge in [0.2, 0.25) is 5.75 Å². The number of benzene rings is 3. The van der Waals surface area contributed by atoms with E-state index in [-0.39, 0.29) is 23.8 Å². The number of carbonyl (C=O) groups is 1. The molecule has 0 bridgehead atoms. The molecular weight excluding hydrogens is 576 g/mol. The van der Waals surface area contributed by atoms with Crippen molar-refractivity contribution in [1.82, 2.24) is 9.66 Å². The highest BCUT2D eigenvalue weighted by molar-refractivity contribution is 9.10. The van der Waals surface area contributed by atoms with Crippen LogP contribution in [0.15, 0.2) is 69.0 Å². The zero-order chi connectivity index (χ0) is 28.6. The van der Waals surface area contributed by atoms with E-state index in [9.17, 15) is 9.59 Å². The summed E-state index contributed by atoms with van der Waals surface area (Å²) in [6.45, 7) is 3.75. The fraction of sp³-hybridized carbons (Fsp3) is 0.267. The van der Waals surface area contributed by atoms with Crippen molar-refractivity contribution in [2.45, 2.75) is 33.1 Å². The van der Waals surface area contributed by atoms with Gasteiger partial charge in [-0.25, -0.2) is 4.98 Å². The topological polar surface area (TPSA) is 104 Å². The minimum atomic E-state index is -0.321.